The molecule has 188 valence electrons. The van der Waals surface area contributed by atoms with Gasteiger partial charge in [0.2, 0.25) is 5.75 Å². The highest BCUT2D eigenvalue weighted by Crippen LogP contribution is 2.38. The van der Waals surface area contributed by atoms with Crippen LogP contribution in [-0.2, 0) is 6.61 Å². The predicted molar refractivity (Wildman–Crippen MR) is 139 cm³/mol. The third kappa shape index (κ3) is 5.46. The van der Waals surface area contributed by atoms with Gasteiger partial charge >= 0.3 is 5.69 Å². The number of hydrogen-bond donors (Lipinski definition) is 0. The summed E-state index contributed by atoms with van der Waals surface area (Å²) in [6, 6.07) is 13.5. The summed E-state index contributed by atoms with van der Waals surface area (Å²) in [5.41, 5.74) is 0.505. The number of benzene rings is 3. The number of halogens is 1. The minimum atomic E-state index is -0.627. The Morgan fingerprint density at radius 1 is 1.08 bits per heavy atom. The summed E-state index contributed by atoms with van der Waals surface area (Å²) in [7, 11) is 1.33. The maximum Gasteiger partial charge on any atom is 0.315 e. The summed E-state index contributed by atoms with van der Waals surface area (Å²) in [6.07, 6.45) is 1.29. The molecule has 0 spiro atoms. The molecule has 0 aliphatic carbocycles. The molecule has 0 aliphatic rings. The van der Waals surface area contributed by atoms with Crippen LogP contribution in [0.1, 0.15) is 17.0 Å². The molecule has 4 aromatic rings. The lowest BCUT2D eigenvalue weighted by atomic mass is 10.1. The van der Waals surface area contributed by atoms with Gasteiger partial charge in [-0.05, 0) is 48.9 Å². The number of hydrogen-bond acceptors (Lipinski definition) is 9. The highest BCUT2D eigenvalue weighted by molar-refractivity contribution is 9.10. The zero-order chi connectivity index (χ0) is 26.7. The molecule has 0 N–H and O–H groups in total. The monoisotopic (exact) mass is 567 g/mol. The van der Waals surface area contributed by atoms with E-state index in [1.807, 2.05) is 0 Å². The molecule has 37 heavy (non-hydrogen) atoms. The first-order chi connectivity index (χ1) is 17.7. The second-order valence-electron chi connectivity index (χ2n) is 7.72. The summed E-state index contributed by atoms with van der Waals surface area (Å²) in [5.74, 6) is 0.288. The van der Waals surface area contributed by atoms with Crippen LogP contribution in [0.4, 0.5) is 11.4 Å². The number of rotatable bonds is 8. The molecule has 0 bridgehead atoms. The smallest absolute Gasteiger partial charge is 0.315 e. The van der Waals surface area contributed by atoms with Crippen molar-refractivity contribution in [1.29, 1.82) is 0 Å². The number of nitro benzene ring substituents is 2. The molecule has 4 rings (SSSR count). The zero-order valence-corrected chi connectivity index (χ0v) is 21.0. The first-order valence-electron chi connectivity index (χ1n) is 10.6. The van der Waals surface area contributed by atoms with Gasteiger partial charge in [0, 0.05) is 28.2 Å². The van der Waals surface area contributed by atoms with E-state index in [1.165, 1.54) is 49.7 Å². The van der Waals surface area contributed by atoms with Crippen molar-refractivity contribution in [2.24, 2.45) is 5.10 Å². The van der Waals surface area contributed by atoms with Gasteiger partial charge in [0.1, 0.15) is 12.4 Å². The number of non-ortho nitro benzene ring substituents is 1. The van der Waals surface area contributed by atoms with Crippen LogP contribution in [0.2, 0.25) is 0 Å². The molecule has 0 atom stereocenters. The minimum Gasteiger partial charge on any atom is -0.493 e. The van der Waals surface area contributed by atoms with Crippen LogP contribution in [0.15, 0.2) is 69.0 Å². The number of nitro groups is 2. The molecule has 0 fully saturated rings. The SMILES string of the molecule is COc1cc(C=Nn2c(C)nc3ccc(Br)cc3c2=O)cc([N+](=O)[O-])c1OCc1ccc([N+](=O)[O-])cc1. The van der Waals surface area contributed by atoms with E-state index in [4.69, 9.17) is 9.47 Å². The van der Waals surface area contributed by atoms with Gasteiger partial charge in [-0.3, -0.25) is 25.0 Å². The average molecular weight is 568 g/mol. The van der Waals surface area contributed by atoms with Crippen LogP contribution in [0.25, 0.3) is 10.9 Å². The van der Waals surface area contributed by atoms with Gasteiger partial charge in [-0.25, -0.2) is 4.98 Å². The number of aromatic nitrogens is 2. The first kappa shape index (κ1) is 25.4. The Hall–Kier alpha value is -4.65. The fourth-order valence-corrected chi connectivity index (χ4v) is 3.87. The zero-order valence-electron chi connectivity index (χ0n) is 19.5. The van der Waals surface area contributed by atoms with Gasteiger partial charge in [0.15, 0.2) is 5.75 Å². The number of ether oxygens (including phenoxy) is 2. The average Bonchev–Trinajstić information content (AvgIpc) is 2.87. The van der Waals surface area contributed by atoms with Crippen molar-refractivity contribution in [3.05, 3.63) is 107 Å². The van der Waals surface area contributed by atoms with E-state index < -0.39 is 15.4 Å². The van der Waals surface area contributed by atoms with E-state index in [0.29, 0.717) is 26.8 Å². The Labute approximate surface area is 217 Å². The van der Waals surface area contributed by atoms with Crippen molar-refractivity contribution in [2.75, 3.05) is 7.11 Å². The Kier molecular flexibility index (Phi) is 7.25. The quantitative estimate of drug-likeness (QED) is 0.168. The second-order valence-corrected chi connectivity index (χ2v) is 8.64. The maximum absolute atomic E-state index is 13.0. The Morgan fingerprint density at radius 2 is 1.81 bits per heavy atom. The lowest BCUT2D eigenvalue weighted by Crippen LogP contribution is -2.20. The molecule has 1 heterocycles. The Morgan fingerprint density at radius 3 is 2.46 bits per heavy atom. The van der Waals surface area contributed by atoms with Crippen LogP contribution >= 0.6 is 15.9 Å². The van der Waals surface area contributed by atoms with Gasteiger partial charge < -0.3 is 9.47 Å². The molecule has 13 heteroatoms. The van der Waals surface area contributed by atoms with Gasteiger partial charge in [0.25, 0.3) is 11.2 Å². The van der Waals surface area contributed by atoms with Crippen LogP contribution in [-0.4, -0.2) is 32.8 Å². The second kappa shape index (κ2) is 10.5. The summed E-state index contributed by atoms with van der Waals surface area (Å²) in [4.78, 5) is 38.8. The van der Waals surface area contributed by atoms with Gasteiger partial charge in [-0.2, -0.15) is 9.78 Å². The molecular formula is C24H18BrN5O7. The van der Waals surface area contributed by atoms with Gasteiger partial charge in [-0.15, -0.1) is 0 Å². The standard InChI is InChI=1S/C24H18BrN5O7/c1-14-27-20-8-5-17(25)11-19(20)24(31)28(14)26-12-16-9-21(30(34)35)23(22(10-16)36-2)37-13-15-3-6-18(7-4-15)29(32)33/h3-12H,13H2,1-2H3. The molecule has 0 saturated heterocycles. The van der Waals surface area contributed by atoms with Crippen molar-refractivity contribution in [3.8, 4) is 11.5 Å². The third-order valence-electron chi connectivity index (χ3n) is 5.30. The van der Waals surface area contributed by atoms with Crippen molar-refractivity contribution in [1.82, 2.24) is 9.66 Å². The normalized spacial score (nSPS) is 11.1. The van der Waals surface area contributed by atoms with Crippen LogP contribution in [0.3, 0.4) is 0 Å². The maximum atomic E-state index is 13.0. The third-order valence-corrected chi connectivity index (χ3v) is 5.79. The largest absolute Gasteiger partial charge is 0.493 e. The highest BCUT2D eigenvalue weighted by Gasteiger charge is 2.22. The summed E-state index contributed by atoms with van der Waals surface area (Å²) >= 11 is 3.33. The molecule has 0 radical (unpaired) electrons. The van der Waals surface area contributed by atoms with Crippen molar-refractivity contribution in [2.45, 2.75) is 13.5 Å². The van der Waals surface area contributed by atoms with E-state index in [0.717, 1.165) is 4.68 Å². The molecule has 0 saturated carbocycles. The van der Waals surface area contributed by atoms with Crippen LogP contribution in [0.5, 0.6) is 11.5 Å². The lowest BCUT2D eigenvalue weighted by Gasteiger charge is -2.12. The van der Waals surface area contributed by atoms with Crippen molar-refractivity contribution < 1.29 is 19.3 Å². The molecule has 1 aromatic heterocycles. The number of aryl methyl sites for hydroxylation is 1. The summed E-state index contributed by atoms with van der Waals surface area (Å²) in [5, 5.41) is 27.2. The number of nitrogens with zero attached hydrogens (tertiary/aromatic N) is 5. The first-order valence-corrected chi connectivity index (χ1v) is 11.4. The van der Waals surface area contributed by atoms with Crippen molar-refractivity contribution >= 4 is 44.4 Å². The molecule has 0 aliphatic heterocycles. The summed E-state index contributed by atoms with van der Waals surface area (Å²) < 4.78 is 12.8. The number of fused-ring (bicyclic) bond motifs is 1. The van der Waals surface area contributed by atoms with E-state index in [2.05, 4.69) is 26.0 Å². The molecule has 12 nitrogen and oxygen atoms in total. The fraction of sp³-hybridized carbons (Fsp3) is 0.125. The molecule has 0 amide bonds. The summed E-state index contributed by atoms with van der Waals surface area (Å²) in [6.45, 7) is 1.54. The van der Waals surface area contributed by atoms with Crippen LogP contribution < -0.4 is 15.0 Å². The van der Waals surface area contributed by atoms with Gasteiger partial charge in [-0.1, -0.05) is 15.9 Å². The van der Waals surface area contributed by atoms with Crippen LogP contribution in [0, 0.1) is 27.2 Å². The highest BCUT2D eigenvalue weighted by atomic mass is 79.9. The van der Waals surface area contributed by atoms with Crippen molar-refractivity contribution in [3.63, 3.8) is 0 Å². The molecular weight excluding hydrogens is 550 g/mol. The van der Waals surface area contributed by atoms with Gasteiger partial charge in [0.05, 0.1) is 34.1 Å². The molecule has 0 unspecified atom stereocenters. The van der Waals surface area contributed by atoms with E-state index in [-0.39, 0.29) is 35.0 Å². The topological polar surface area (TPSA) is 152 Å². The molecule has 3 aromatic carbocycles. The Balaban J connectivity index is 1.67. The predicted octanol–water partition coefficient (Wildman–Crippen LogP) is 4.75. The minimum absolute atomic E-state index is 0.0715. The lowest BCUT2D eigenvalue weighted by molar-refractivity contribution is -0.386. The fourth-order valence-electron chi connectivity index (χ4n) is 3.50. The number of methoxy groups -OCH3 is 1. The Bertz CT molecular complexity index is 1620. The van der Waals surface area contributed by atoms with E-state index in [9.17, 15) is 25.0 Å². The van der Waals surface area contributed by atoms with E-state index in [1.54, 1.807) is 25.1 Å². The van der Waals surface area contributed by atoms with E-state index >= 15 is 0 Å².